The van der Waals surface area contributed by atoms with Crippen LogP contribution in [0.25, 0.3) is 6.08 Å². The molecule has 0 saturated heterocycles. The number of esters is 1. The van der Waals surface area contributed by atoms with Crippen LogP contribution in [0, 0.1) is 11.3 Å². The number of carbonyl (C=O) groups excluding carboxylic acids is 1. The van der Waals surface area contributed by atoms with Crippen molar-refractivity contribution in [3.05, 3.63) is 35.4 Å². The Morgan fingerprint density at radius 2 is 2.05 bits per heavy atom. The third-order valence-electron chi connectivity index (χ3n) is 2.93. The van der Waals surface area contributed by atoms with Crippen molar-refractivity contribution in [3.63, 3.8) is 0 Å². The van der Waals surface area contributed by atoms with Gasteiger partial charge in [0.05, 0.1) is 6.61 Å². The van der Waals surface area contributed by atoms with Crippen LogP contribution in [-0.4, -0.2) is 25.7 Å². The van der Waals surface area contributed by atoms with Crippen LogP contribution in [0.3, 0.4) is 0 Å². The Bertz CT molecular complexity index is 526. The number of nitriles is 1. The average Bonchev–Trinajstić information content (AvgIpc) is 2.46. The average molecular weight is 272 g/mol. The lowest BCUT2D eigenvalue weighted by molar-refractivity contribution is -0.137. The first-order valence-electron chi connectivity index (χ1n) is 6.80. The topological polar surface area (TPSA) is 53.3 Å². The maximum absolute atomic E-state index is 11.6. The van der Waals surface area contributed by atoms with E-state index in [1.165, 1.54) is 0 Å². The van der Waals surface area contributed by atoms with Gasteiger partial charge in [-0.3, -0.25) is 0 Å². The van der Waals surface area contributed by atoms with Crippen molar-refractivity contribution in [1.29, 1.82) is 5.26 Å². The summed E-state index contributed by atoms with van der Waals surface area (Å²) in [6, 6.07) is 9.64. The highest BCUT2D eigenvalue weighted by Crippen LogP contribution is 2.18. The maximum atomic E-state index is 11.6. The van der Waals surface area contributed by atoms with Crippen molar-refractivity contribution in [3.8, 4) is 6.07 Å². The van der Waals surface area contributed by atoms with Gasteiger partial charge >= 0.3 is 5.97 Å². The Balaban J connectivity index is 3.05. The first kappa shape index (κ1) is 15.8. The Labute approximate surface area is 120 Å². The number of rotatable bonds is 6. The van der Waals surface area contributed by atoms with Crippen molar-refractivity contribution in [2.45, 2.75) is 20.8 Å². The Morgan fingerprint density at radius 1 is 1.35 bits per heavy atom. The number of carbonyl (C=O) groups is 1. The third-order valence-corrected chi connectivity index (χ3v) is 2.93. The highest BCUT2D eigenvalue weighted by Gasteiger charge is 2.10. The van der Waals surface area contributed by atoms with Crippen LogP contribution in [-0.2, 0) is 9.53 Å². The second-order valence-corrected chi connectivity index (χ2v) is 4.16. The molecule has 0 spiro atoms. The van der Waals surface area contributed by atoms with E-state index in [1.807, 2.05) is 30.3 Å². The van der Waals surface area contributed by atoms with Crippen molar-refractivity contribution in [2.24, 2.45) is 0 Å². The quantitative estimate of drug-likeness (QED) is 0.454. The van der Waals surface area contributed by atoms with Gasteiger partial charge in [-0.05, 0) is 44.5 Å². The predicted octanol–water partition coefficient (Wildman–Crippen LogP) is 3.00. The zero-order valence-electron chi connectivity index (χ0n) is 12.2. The molecule has 0 unspecified atom stereocenters. The molecule has 0 amide bonds. The molecule has 0 radical (unpaired) electrons. The molecule has 0 aliphatic rings. The summed E-state index contributed by atoms with van der Waals surface area (Å²) >= 11 is 0. The summed E-state index contributed by atoms with van der Waals surface area (Å²) in [5.74, 6) is -0.580. The van der Waals surface area contributed by atoms with Gasteiger partial charge in [-0.15, -0.1) is 0 Å². The lowest BCUT2D eigenvalue weighted by Gasteiger charge is -2.21. The number of hydrogen-bond donors (Lipinski definition) is 0. The maximum Gasteiger partial charge on any atom is 0.348 e. The van der Waals surface area contributed by atoms with Gasteiger partial charge in [0.1, 0.15) is 11.6 Å². The molecule has 0 heterocycles. The molecule has 0 atom stereocenters. The number of anilines is 1. The summed E-state index contributed by atoms with van der Waals surface area (Å²) in [6.45, 7) is 7.97. The molecule has 1 aromatic rings. The van der Waals surface area contributed by atoms with Gasteiger partial charge in [0.15, 0.2) is 0 Å². The molecule has 106 valence electrons. The lowest BCUT2D eigenvalue weighted by Crippen LogP contribution is -2.21. The van der Waals surface area contributed by atoms with E-state index in [1.54, 1.807) is 13.0 Å². The number of nitrogens with zero attached hydrogens (tertiary/aromatic N) is 2. The lowest BCUT2D eigenvalue weighted by atomic mass is 10.1. The van der Waals surface area contributed by atoms with E-state index < -0.39 is 5.97 Å². The summed E-state index contributed by atoms with van der Waals surface area (Å²) in [7, 11) is 0. The molecule has 1 aromatic carbocycles. The van der Waals surface area contributed by atoms with Crippen molar-refractivity contribution < 1.29 is 9.53 Å². The van der Waals surface area contributed by atoms with Crippen molar-refractivity contribution >= 4 is 17.7 Å². The first-order chi connectivity index (χ1) is 9.65. The zero-order chi connectivity index (χ0) is 15.0. The fourth-order valence-corrected chi connectivity index (χ4v) is 1.91. The standard InChI is InChI=1S/C16H20N2O2/c1-4-18(5-2)15-9-7-8-13(11-15)10-14(12-17)16(19)20-6-3/h7-11H,4-6H2,1-3H3. The third kappa shape index (κ3) is 4.13. The SMILES string of the molecule is CCOC(=O)C(C#N)=Cc1cccc(N(CC)CC)c1. The predicted molar refractivity (Wildman–Crippen MR) is 80.2 cm³/mol. The smallest absolute Gasteiger partial charge is 0.348 e. The van der Waals surface area contributed by atoms with E-state index in [2.05, 4.69) is 18.7 Å². The largest absolute Gasteiger partial charge is 0.462 e. The molecule has 4 nitrogen and oxygen atoms in total. The fourth-order valence-electron chi connectivity index (χ4n) is 1.91. The van der Waals surface area contributed by atoms with Crippen LogP contribution in [0.5, 0.6) is 0 Å². The van der Waals surface area contributed by atoms with Crippen molar-refractivity contribution in [2.75, 3.05) is 24.6 Å². The van der Waals surface area contributed by atoms with Gasteiger partial charge in [-0.1, -0.05) is 12.1 Å². The van der Waals surface area contributed by atoms with Gasteiger partial charge in [0.25, 0.3) is 0 Å². The van der Waals surface area contributed by atoms with Crippen LogP contribution in [0.2, 0.25) is 0 Å². The monoisotopic (exact) mass is 272 g/mol. The van der Waals surface area contributed by atoms with Gasteiger partial charge in [0.2, 0.25) is 0 Å². The normalized spacial score (nSPS) is 10.8. The number of hydrogen-bond acceptors (Lipinski definition) is 4. The van der Waals surface area contributed by atoms with Crippen LogP contribution in [0.4, 0.5) is 5.69 Å². The number of ether oxygens (including phenoxy) is 1. The van der Waals surface area contributed by atoms with Gasteiger partial charge in [-0.25, -0.2) is 4.79 Å². The molecule has 0 bridgehead atoms. The van der Waals surface area contributed by atoms with Gasteiger partial charge < -0.3 is 9.64 Å². The summed E-state index contributed by atoms with van der Waals surface area (Å²) in [4.78, 5) is 13.8. The van der Waals surface area contributed by atoms with Gasteiger partial charge in [0, 0.05) is 18.8 Å². The molecular weight excluding hydrogens is 252 g/mol. The first-order valence-corrected chi connectivity index (χ1v) is 6.80. The highest BCUT2D eigenvalue weighted by molar-refractivity contribution is 5.98. The fraction of sp³-hybridized carbons (Fsp3) is 0.375. The molecule has 4 heteroatoms. The summed E-state index contributed by atoms with van der Waals surface area (Å²) in [5.41, 5.74) is 1.91. The van der Waals surface area contributed by atoms with E-state index in [0.29, 0.717) is 0 Å². The molecule has 0 aliphatic carbocycles. The molecule has 0 N–H and O–H groups in total. The van der Waals surface area contributed by atoms with Gasteiger partial charge in [-0.2, -0.15) is 5.26 Å². The molecule has 1 rings (SSSR count). The summed E-state index contributed by atoms with van der Waals surface area (Å²) in [5, 5.41) is 9.03. The summed E-state index contributed by atoms with van der Waals surface area (Å²) in [6.07, 6.45) is 1.56. The van der Waals surface area contributed by atoms with E-state index >= 15 is 0 Å². The van der Waals surface area contributed by atoms with Crippen LogP contribution < -0.4 is 4.90 Å². The minimum absolute atomic E-state index is 0.0172. The molecule has 0 saturated carbocycles. The van der Waals surface area contributed by atoms with Crippen molar-refractivity contribution in [1.82, 2.24) is 0 Å². The van der Waals surface area contributed by atoms with E-state index in [9.17, 15) is 4.79 Å². The number of benzene rings is 1. The zero-order valence-corrected chi connectivity index (χ0v) is 12.2. The van der Waals surface area contributed by atoms with E-state index in [-0.39, 0.29) is 12.2 Å². The molecule has 0 fully saturated rings. The minimum Gasteiger partial charge on any atom is -0.462 e. The van der Waals surface area contributed by atoms with Crippen LogP contribution in [0.1, 0.15) is 26.3 Å². The molecular formula is C16H20N2O2. The second-order valence-electron chi connectivity index (χ2n) is 4.16. The Morgan fingerprint density at radius 3 is 2.60 bits per heavy atom. The highest BCUT2D eigenvalue weighted by atomic mass is 16.5. The molecule has 20 heavy (non-hydrogen) atoms. The minimum atomic E-state index is -0.580. The van der Waals surface area contributed by atoms with E-state index in [0.717, 1.165) is 24.3 Å². The van der Waals surface area contributed by atoms with Crippen LogP contribution in [0.15, 0.2) is 29.8 Å². The second kappa shape index (κ2) is 8.00. The Kier molecular flexibility index (Phi) is 6.31. The Hall–Kier alpha value is -2.28. The molecule has 0 aromatic heterocycles. The summed E-state index contributed by atoms with van der Waals surface area (Å²) < 4.78 is 4.85. The van der Waals surface area contributed by atoms with Crippen LogP contribution >= 0.6 is 0 Å². The van der Waals surface area contributed by atoms with E-state index in [4.69, 9.17) is 10.00 Å². The molecule has 0 aliphatic heterocycles.